The molecule has 6 nitrogen and oxygen atoms in total. The van der Waals surface area contributed by atoms with Crippen molar-refractivity contribution in [2.24, 2.45) is 17.8 Å². The SMILES string of the molecule is CC(C)n1nccc1C(=O)N[C@H](C(=O)Nc1ccc(I)cc1)C(C1CC1)C1CC1. The van der Waals surface area contributed by atoms with Crippen molar-refractivity contribution in [2.45, 2.75) is 51.6 Å². The van der Waals surface area contributed by atoms with E-state index in [1.807, 2.05) is 38.1 Å². The van der Waals surface area contributed by atoms with Gasteiger partial charge in [-0.3, -0.25) is 14.3 Å². The van der Waals surface area contributed by atoms with Crippen LogP contribution in [0, 0.1) is 21.3 Å². The van der Waals surface area contributed by atoms with Gasteiger partial charge in [-0.2, -0.15) is 5.10 Å². The lowest BCUT2D eigenvalue weighted by molar-refractivity contribution is -0.119. The molecular weight excluding hydrogens is 479 g/mol. The monoisotopic (exact) mass is 506 g/mol. The Hall–Kier alpha value is -1.90. The first-order valence-corrected chi connectivity index (χ1v) is 11.4. The van der Waals surface area contributed by atoms with Crippen LogP contribution in [0.3, 0.4) is 0 Å². The van der Waals surface area contributed by atoms with Crippen LogP contribution in [0.15, 0.2) is 36.5 Å². The number of anilines is 1. The lowest BCUT2D eigenvalue weighted by atomic mass is 9.88. The number of benzene rings is 1. The third-order valence-corrected chi connectivity index (χ3v) is 6.51. The summed E-state index contributed by atoms with van der Waals surface area (Å²) in [7, 11) is 0. The third-order valence-electron chi connectivity index (χ3n) is 5.79. The molecule has 29 heavy (non-hydrogen) atoms. The number of nitrogens with zero attached hydrogens (tertiary/aromatic N) is 2. The Balaban J connectivity index is 1.56. The van der Waals surface area contributed by atoms with Crippen molar-refractivity contribution in [3.63, 3.8) is 0 Å². The van der Waals surface area contributed by atoms with Gasteiger partial charge in [-0.25, -0.2) is 0 Å². The van der Waals surface area contributed by atoms with Gasteiger partial charge in [0.05, 0.1) is 0 Å². The van der Waals surface area contributed by atoms with Crippen molar-refractivity contribution in [3.05, 3.63) is 45.8 Å². The lowest BCUT2D eigenvalue weighted by Gasteiger charge is -2.27. The number of aromatic nitrogens is 2. The number of halogens is 1. The summed E-state index contributed by atoms with van der Waals surface area (Å²) in [5.41, 5.74) is 1.25. The van der Waals surface area contributed by atoms with Crippen molar-refractivity contribution >= 4 is 40.1 Å². The average molecular weight is 506 g/mol. The number of hydrogen-bond donors (Lipinski definition) is 2. The van der Waals surface area contributed by atoms with Gasteiger partial charge in [-0.1, -0.05) is 0 Å². The van der Waals surface area contributed by atoms with E-state index >= 15 is 0 Å². The van der Waals surface area contributed by atoms with Crippen LogP contribution in [0.2, 0.25) is 0 Å². The Morgan fingerprint density at radius 3 is 2.24 bits per heavy atom. The predicted octanol–water partition coefficient (Wildman–Crippen LogP) is 4.24. The highest BCUT2D eigenvalue weighted by Crippen LogP contribution is 2.50. The van der Waals surface area contributed by atoms with Gasteiger partial charge >= 0.3 is 0 Å². The van der Waals surface area contributed by atoms with Crippen molar-refractivity contribution in [1.82, 2.24) is 15.1 Å². The highest BCUT2D eigenvalue weighted by atomic mass is 127. The highest BCUT2D eigenvalue weighted by Gasteiger charge is 2.48. The van der Waals surface area contributed by atoms with E-state index in [1.54, 1.807) is 16.9 Å². The molecule has 1 aromatic heterocycles. The summed E-state index contributed by atoms with van der Waals surface area (Å²) in [6, 6.07) is 8.98. The Kier molecular flexibility index (Phi) is 5.94. The lowest BCUT2D eigenvalue weighted by Crippen LogP contribution is -2.50. The molecule has 0 radical (unpaired) electrons. The summed E-state index contributed by atoms with van der Waals surface area (Å²) in [6.07, 6.45) is 6.22. The zero-order valence-electron chi connectivity index (χ0n) is 16.8. The highest BCUT2D eigenvalue weighted by molar-refractivity contribution is 14.1. The number of carbonyl (C=O) groups is 2. The number of hydrogen-bond acceptors (Lipinski definition) is 3. The quantitative estimate of drug-likeness (QED) is 0.526. The molecule has 0 saturated heterocycles. The van der Waals surface area contributed by atoms with E-state index in [0.717, 1.165) is 34.9 Å². The Morgan fingerprint density at radius 2 is 1.69 bits per heavy atom. The summed E-state index contributed by atoms with van der Waals surface area (Å²) in [5, 5.41) is 10.4. The molecular formula is C22H27IN4O2. The first kappa shape index (κ1) is 20.4. The first-order valence-electron chi connectivity index (χ1n) is 10.3. The van der Waals surface area contributed by atoms with Crippen LogP contribution in [-0.2, 0) is 4.79 Å². The van der Waals surface area contributed by atoms with Crippen molar-refractivity contribution in [1.29, 1.82) is 0 Å². The number of rotatable bonds is 8. The second kappa shape index (κ2) is 8.45. The summed E-state index contributed by atoms with van der Waals surface area (Å²) >= 11 is 2.24. The van der Waals surface area contributed by atoms with Crippen LogP contribution >= 0.6 is 22.6 Å². The van der Waals surface area contributed by atoms with Crippen LogP contribution in [0.25, 0.3) is 0 Å². The minimum atomic E-state index is -0.530. The molecule has 2 saturated carbocycles. The molecule has 0 spiro atoms. The van der Waals surface area contributed by atoms with Crippen LogP contribution in [-0.4, -0.2) is 27.6 Å². The van der Waals surface area contributed by atoms with Crippen molar-refractivity contribution in [2.75, 3.05) is 5.32 Å². The molecule has 2 aliphatic rings. The van der Waals surface area contributed by atoms with Gasteiger partial charge in [0.2, 0.25) is 5.91 Å². The minimum absolute atomic E-state index is 0.0764. The van der Waals surface area contributed by atoms with E-state index in [9.17, 15) is 9.59 Å². The van der Waals surface area contributed by atoms with E-state index in [2.05, 4.69) is 38.3 Å². The van der Waals surface area contributed by atoms with E-state index in [4.69, 9.17) is 0 Å². The van der Waals surface area contributed by atoms with Gasteiger partial charge in [-0.15, -0.1) is 0 Å². The molecule has 1 atom stereocenters. The van der Waals surface area contributed by atoms with Crippen molar-refractivity contribution < 1.29 is 9.59 Å². The average Bonchev–Trinajstić information content (AvgIpc) is 3.62. The molecule has 0 bridgehead atoms. The van der Waals surface area contributed by atoms with Gasteiger partial charge < -0.3 is 10.6 Å². The standard InChI is InChI=1S/C22H27IN4O2/c1-13(2)27-18(11-12-24-27)21(28)26-20(19(14-3-4-14)15-5-6-15)22(29)25-17-9-7-16(23)8-10-17/h7-15,19-20H,3-6H2,1-2H3,(H,25,29)(H,26,28)/t20-/m0/s1. The van der Waals surface area contributed by atoms with E-state index in [0.29, 0.717) is 17.5 Å². The largest absolute Gasteiger partial charge is 0.339 e. The molecule has 154 valence electrons. The van der Waals surface area contributed by atoms with Gasteiger partial charge in [0.15, 0.2) is 0 Å². The normalized spacial score (nSPS) is 17.4. The Labute approximate surface area is 185 Å². The van der Waals surface area contributed by atoms with Gasteiger partial charge in [0.1, 0.15) is 11.7 Å². The smallest absolute Gasteiger partial charge is 0.270 e. The van der Waals surface area contributed by atoms with Gasteiger partial charge in [-0.05, 0) is 110 Å². The van der Waals surface area contributed by atoms with Gasteiger partial charge in [0, 0.05) is 21.5 Å². The summed E-state index contributed by atoms with van der Waals surface area (Å²) < 4.78 is 2.81. The molecule has 1 heterocycles. The molecule has 2 aromatic rings. The fourth-order valence-electron chi connectivity index (χ4n) is 4.10. The van der Waals surface area contributed by atoms with Crippen molar-refractivity contribution in [3.8, 4) is 0 Å². The van der Waals surface area contributed by atoms with E-state index in [-0.39, 0.29) is 23.8 Å². The maximum atomic E-state index is 13.3. The third kappa shape index (κ3) is 4.82. The van der Waals surface area contributed by atoms with Crippen LogP contribution in [0.4, 0.5) is 5.69 Å². The molecule has 2 aliphatic carbocycles. The minimum Gasteiger partial charge on any atom is -0.339 e. The predicted molar refractivity (Wildman–Crippen MR) is 121 cm³/mol. The Bertz CT molecular complexity index is 872. The number of amides is 2. The Morgan fingerprint density at radius 1 is 1.07 bits per heavy atom. The molecule has 2 fully saturated rings. The molecule has 2 amide bonds. The summed E-state index contributed by atoms with van der Waals surface area (Å²) in [5.74, 6) is 0.915. The fraction of sp³-hybridized carbons (Fsp3) is 0.500. The summed E-state index contributed by atoms with van der Waals surface area (Å²) in [4.78, 5) is 26.4. The second-order valence-electron chi connectivity index (χ2n) is 8.45. The fourth-order valence-corrected chi connectivity index (χ4v) is 4.46. The molecule has 7 heteroatoms. The molecule has 4 rings (SSSR count). The second-order valence-corrected chi connectivity index (χ2v) is 9.70. The first-order chi connectivity index (χ1) is 13.9. The van der Waals surface area contributed by atoms with Gasteiger partial charge in [0.25, 0.3) is 5.91 Å². The molecule has 0 aliphatic heterocycles. The van der Waals surface area contributed by atoms with E-state index < -0.39 is 6.04 Å². The van der Waals surface area contributed by atoms with E-state index in [1.165, 1.54) is 0 Å². The number of nitrogens with one attached hydrogen (secondary N) is 2. The zero-order valence-corrected chi connectivity index (χ0v) is 18.9. The maximum absolute atomic E-state index is 13.3. The van der Waals surface area contributed by atoms with Crippen LogP contribution < -0.4 is 10.6 Å². The zero-order chi connectivity index (χ0) is 20.5. The molecule has 1 aromatic carbocycles. The van der Waals surface area contributed by atoms with Crippen LogP contribution in [0.5, 0.6) is 0 Å². The number of carbonyl (C=O) groups excluding carboxylic acids is 2. The summed E-state index contributed by atoms with van der Waals surface area (Å²) in [6.45, 7) is 3.98. The topological polar surface area (TPSA) is 76.0 Å². The maximum Gasteiger partial charge on any atom is 0.270 e. The molecule has 2 N–H and O–H groups in total. The molecule has 0 unspecified atom stereocenters. The van der Waals surface area contributed by atoms with Crippen LogP contribution in [0.1, 0.15) is 56.1 Å².